The van der Waals surface area contributed by atoms with Crippen LogP contribution in [0.3, 0.4) is 0 Å². The van der Waals surface area contributed by atoms with Gasteiger partial charge in [-0.2, -0.15) is 0 Å². The van der Waals surface area contributed by atoms with Crippen molar-refractivity contribution in [2.75, 3.05) is 25.9 Å². The Balaban J connectivity index is 2.33. The van der Waals surface area contributed by atoms with Crippen LogP contribution in [-0.2, 0) is 9.73 Å². The second kappa shape index (κ2) is 10.6. The number of nitrogens with zero attached hydrogens (tertiary/aromatic N) is 4. The molecule has 0 amide bonds. The summed E-state index contributed by atoms with van der Waals surface area (Å²) in [5.41, 5.74) is 1.50. The minimum absolute atomic E-state index is 0.0194. The van der Waals surface area contributed by atoms with Crippen molar-refractivity contribution in [3.05, 3.63) is 40.5 Å². The molecule has 170 valence electrons. The molecule has 8 heteroatoms. The zero-order chi connectivity index (χ0) is 23.2. The Morgan fingerprint density at radius 1 is 1.26 bits per heavy atom. The van der Waals surface area contributed by atoms with E-state index in [0.29, 0.717) is 33.3 Å². The fourth-order valence-corrected chi connectivity index (χ4v) is 4.71. The highest BCUT2D eigenvalue weighted by Gasteiger charge is 2.16. The molecule has 6 nitrogen and oxygen atoms in total. The number of ether oxygens (including phenoxy) is 1. The Morgan fingerprint density at radius 2 is 1.97 bits per heavy atom. The summed E-state index contributed by atoms with van der Waals surface area (Å²) >= 11 is 3.53. The second-order valence-electron chi connectivity index (χ2n) is 8.55. The summed E-state index contributed by atoms with van der Waals surface area (Å²) in [7, 11) is -0.541. The molecule has 0 spiro atoms. The van der Waals surface area contributed by atoms with Gasteiger partial charge >= 0.3 is 0 Å². The standard InChI is InChI=1S/C23H33BrN4O2S/c1-8-28(7)16-25-21-14-20(24)22(27-17(21)3)30-18-11-10-12-19(13-18)31(29,9-2)26-15-23(4,5)6/h10-14,16H,8-9,15H2,1-7H3. The predicted octanol–water partition coefficient (Wildman–Crippen LogP) is 6.45. The molecule has 2 aromatic rings. The molecule has 1 atom stereocenters. The van der Waals surface area contributed by atoms with Crippen LogP contribution in [0.1, 0.15) is 40.3 Å². The third-order valence-corrected chi connectivity index (χ3v) is 7.41. The second-order valence-corrected chi connectivity index (χ2v) is 12.0. The number of benzene rings is 1. The van der Waals surface area contributed by atoms with Gasteiger partial charge in [0, 0.05) is 19.3 Å². The lowest BCUT2D eigenvalue weighted by Crippen LogP contribution is -2.14. The molecule has 0 aliphatic heterocycles. The Bertz CT molecular complexity index is 1050. The fourth-order valence-electron chi connectivity index (χ4n) is 2.47. The lowest BCUT2D eigenvalue weighted by Gasteiger charge is -2.17. The normalized spacial score (nSPS) is 13.8. The van der Waals surface area contributed by atoms with Crippen molar-refractivity contribution in [2.24, 2.45) is 14.8 Å². The summed E-state index contributed by atoms with van der Waals surface area (Å²) in [5, 5.41) is 0. The Morgan fingerprint density at radius 3 is 2.58 bits per heavy atom. The zero-order valence-electron chi connectivity index (χ0n) is 19.5. The number of halogens is 1. The fraction of sp³-hybridized carbons (Fsp3) is 0.478. The van der Waals surface area contributed by atoms with Gasteiger partial charge in [0.2, 0.25) is 5.88 Å². The van der Waals surface area contributed by atoms with E-state index in [1.54, 1.807) is 12.4 Å². The SMILES string of the molecule is CCN(C)C=Nc1cc(Br)c(Oc2cccc(S(=O)(CC)=NCC(C)(C)C)c2)nc1C. The highest BCUT2D eigenvalue weighted by molar-refractivity contribution is 9.10. The van der Waals surface area contributed by atoms with Gasteiger partial charge in [-0.15, -0.1) is 0 Å². The van der Waals surface area contributed by atoms with E-state index < -0.39 is 9.73 Å². The number of rotatable bonds is 8. The van der Waals surface area contributed by atoms with Crippen LogP contribution in [0.2, 0.25) is 0 Å². The van der Waals surface area contributed by atoms with E-state index in [1.165, 1.54) is 0 Å². The molecule has 2 rings (SSSR count). The van der Waals surface area contributed by atoms with Crippen molar-refractivity contribution in [1.29, 1.82) is 0 Å². The predicted molar refractivity (Wildman–Crippen MR) is 133 cm³/mol. The maximum absolute atomic E-state index is 13.5. The number of hydrogen-bond donors (Lipinski definition) is 0. The minimum atomic E-state index is -2.51. The molecule has 0 fully saturated rings. The summed E-state index contributed by atoms with van der Waals surface area (Å²) in [6.45, 7) is 13.5. The van der Waals surface area contributed by atoms with Crippen LogP contribution < -0.4 is 4.74 Å². The van der Waals surface area contributed by atoms with Crippen molar-refractivity contribution in [3.8, 4) is 11.6 Å². The molecule has 1 unspecified atom stereocenters. The van der Waals surface area contributed by atoms with Gasteiger partial charge in [-0.05, 0) is 59.5 Å². The van der Waals surface area contributed by atoms with Crippen LogP contribution in [0.4, 0.5) is 5.69 Å². The Labute approximate surface area is 195 Å². The van der Waals surface area contributed by atoms with Crippen molar-refractivity contribution >= 4 is 37.7 Å². The average Bonchev–Trinajstić information content (AvgIpc) is 2.72. The first-order valence-corrected chi connectivity index (χ1v) is 12.8. The summed E-state index contributed by atoms with van der Waals surface area (Å²) in [4.78, 5) is 11.7. The first-order chi connectivity index (χ1) is 14.5. The molecule has 0 aliphatic carbocycles. The summed E-state index contributed by atoms with van der Waals surface area (Å²) in [5.74, 6) is 1.46. The van der Waals surface area contributed by atoms with Gasteiger partial charge in [0.15, 0.2) is 0 Å². The van der Waals surface area contributed by atoms with E-state index in [9.17, 15) is 4.21 Å². The van der Waals surface area contributed by atoms with Gasteiger partial charge < -0.3 is 9.64 Å². The molecule has 0 radical (unpaired) electrons. The molecule has 0 bridgehead atoms. The van der Waals surface area contributed by atoms with Crippen molar-refractivity contribution in [1.82, 2.24) is 9.88 Å². The molecular formula is C23H33BrN4O2S. The van der Waals surface area contributed by atoms with E-state index in [-0.39, 0.29) is 5.41 Å². The molecule has 1 heterocycles. The summed E-state index contributed by atoms with van der Waals surface area (Å²) < 4.78 is 24.8. The van der Waals surface area contributed by atoms with Crippen LogP contribution >= 0.6 is 15.9 Å². The van der Waals surface area contributed by atoms with Crippen molar-refractivity contribution < 1.29 is 8.95 Å². The minimum Gasteiger partial charge on any atom is -0.438 e. The molecule has 31 heavy (non-hydrogen) atoms. The lowest BCUT2D eigenvalue weighted by molar-refractivity contribution is 0.430. The van der Waals surface area contributed by atoms with E-state index in [0.717, 1.165) is 17.9 Å². The van der Waals surface area contributed by atoms with Gasteiger partial charge in [-0.1, -0.05) is 33.8 Å². The van der Waals surface area contributed by atoms with Gasteiger partial charge in [0.25, 0.3) is 0 Å². The number of pyridine rings is 1. The van der Waals surface area contributed by atoms with Crippen LogP contribution in [0, 0.1) is 12.3 Å². The monoisotopic (exact) mass is 508 g/mol. The van der Waals surface area contributed by atoms with Crippen LogP contribution in [0.15, 0.2) is 49.1 Å². The molecule has 1 aromatic carbocycles. The van der Waals surface area contributed by atoms with Gasteiger partial charge in [-0.25, -0.2) is 18.5 Å². The largest absolute Gasteiger partial charge is 0.438 e. The Kier molecular flexibility index (Phi) is 8.65. The average molecular weight is 510 g/mol. The highest BCUT2D eigenvalue weighted by Crippen LogP contribution is 2.33. The van der Waals surface area contributed by atoms with E-state index in [1.807, 2.05) is 50.1 Å². The molecule has 0 saturated carbocycles. The number of aliphatic imine (C=N–C) groups is 1. The molecule has 0 N–H and O–H groups in total. The quantitative estimate of drug-likeness (QED) is 0.303. The van der Waals surface area contributed by atoms with E-state index >= 15 is 0 Å². The van der Waals surface area contributed by atoms with Crippen LogP contribution in [0.25, 0.3) is 0 Å². The summed E-state index contributed by atoms with van der Waals surface area (Å²) in [6, 6.07) is 9.20. The molecule has 0 aliphatic rings. The highest BCUT2D eigenvalue weighted by atomic mass is 79.9. The summed E-state index contributed by atoms with van der Waals surface area (Å²) in [6.07, 6.45) is 1.78. The molecular weight excluding hydrogens is 476 g/mol. The molecule has 0 saturated heterocycles. The third kappa shape index (κ3) is 7.31. The van der Waals surface area contributed by atoms with E-state index in [4.69, 9.17) is 4.74 Å². The molecule has 1 aromatic heterocycles. The number of aromatic nitrogens is 1. The maximum Gasteiger partial charge on any atom is 0.233 e. The smallest absolute Gasteiger partial charge is 0.233 e. The van der Waals surface area contributed by atoms with E-state index in [2.05, 4.69) is 58.0 Å². The van der Waals surface area contributed by atoms with Gasteiger partial charge in [0.1, 0.15) is 5.75 Å². The number of aryl methyl sites for hydroxylation is 1. The van der Waals surface area contributed by atoms with Crippen molar-refractivity contribution in [2.45, 2.75) is 46.4 Å². The first-order valence-electron chi connectivity index (χ1n) is 10.4. The van der Waals surface area contributed by atoms with Gasteiger partial charge in [-0.3, -0.25) is 0 Å². The topological polar surface area (TPSA) is 67.2 Å². The number of hydrogen-bond acceptors (Lipinski definition) is 5. The maximum atomic E-state index is 13.5. The van der Waals surface area contributed by atoms with Crippen molar-refractivity contribution in [3.63, 3.8) is 0 Å². The van der Waals surface area contributed by atoms with Crippen LogP contribution in [0.5, 0.6) is 11.6 Å². The van der Waals surface area contributed by atoms with Gasteiger partial charge in [0.05, 0.1) is 43.4 Å². The third-order valence-electron chi connectivity index (χ3n) is 4.53. The first kappa shape index (κ1) is 25.3. The zero-order valence-corrected chi connectivity index (χ0v) is 21.9. The van der Waals surface area contributed by atoms with Crippen LogP contribution in [-0.4, -0.2) is 46.3 Å². The lowest BCUT2D eigenvalue weighted by atomic mass is 9.98. The Hall–Kier alpha value is -1.93.